The van der Waals surface area contributed by atoms with Crippen LogP contribution in [-0.4, -0.2) is 33.3 Å². The van der Waals surface area contributed by atoms with Gasteiger partial charge in [0.25, 0.3) is 5.56 Å². The number of fused-ring (bicyclic) bond motifs is 1. The number of nitrogens with one attached hydrogen (secondary N) is 2. The molecule has 1 aromatic heterocycles. The molecule has 0 aliphatic rings. The van der Waals surface area contributed by atoms with Gasteiger partial charge in [0.2, 0.25) is 5.91 Å². The maximum atomic E-state index is 13.0. The smallest absolute Gasteiger partial charge is 0.321 e. The molecule has 0 spiro atoms. The van der Waals surface area contributed by atoms with Crippen LogP contribution in [0.2, 0.25) is 0 Å². The Morgan fingerprint density at radius 2 is 2.04 bits per heavy atom. The monoisotopic (exact) mass is 468 g/mol. The van der Waals surface area contributed by atoms with Gasteiger partial charge in [0.05, 0.1) is 16.2 Å². The third-order valence-electron chi connectivity index (χ3n) is 4.09. The molecule has 2 aromatic rings. The second-order valence-corrected chi connectivity index (χ2v) is 8.55. The molecule has 0 unspecified atom stereocenters. The number of halogens is 1. The SMILES string of the molecule is CCCCCn1c(S[C@H](C)C(=O)NC(=O)NCC)nc2ccc(Br)cc2c1=O. The molecule has 3 amide bonds. The third-order valence-corrected chi connectivity index (χ3v) is 5.68. The number of rotatable bonds is 8. The van der Waals surface area contributed by atoms with Crippen molar-refractivity contribution in [3.63, 3.8) is 0 Å². The Balaban J connectivity index is 2.34. The van der Waals surface area contributed by atoms with Crippen LogP contribution in [0.1, 0.15) is 40.0 Å². The van der Waals surface area contributed by atoms with E-state index in [1.807, 2.05) is 6.07 Å². The molecule has 0 aliphatic carbocycles. The molecule has 0 bridgehead atoms. The normalized spacial score (nSPS) is 12.0. The number of imide groups is 1. The van der Waals surface area contributed by atoms with Crippen molar-refractivity contribution >= 4 is 50.5 Å². The molecule has 0 aliphatic heterocycles. The lowest BCUT2D eigenvalue weighted by molar-refractivity contribution is -0.119. The number of urea groups is 1. The van der Waals surface area contributed by atoms with Crippen LogP contribution < -0.4 is 16.2 Å². The highest BCUT2D eigenvalue weighted by Crippen LogP contribution is 2.24. The first-order valence-electron chi connectivity index (χ1n) is 9.32. The van der Waals surface area contributed by atoms with Crippen LogP contribution >= 0.6 is 27.7 Å². The number of aromatic nitrogens is 2. The van der Waals surface area contributed by atoms with Gasteiger partial charge in [-0.2, -0.15) is 0 Å². The van der Waals surface area contributed by atoms with Gasteiger partial charge in [-0.3, -0.25) is 19.5 Å². The van der Waals surface area contributed by atoms with E-state index in [0.29, 0.717) is 29.1 Å². The summed E-state index contributed by atoms with van der Waals surface area (Å²) in [7, 11) is 0. The Bertz CT molecular complexity index is 916. The van der Waals surface area contributed by atoms with Crippen molar-refractivity contribution in [2.75, 3.05) is 6.54 Å². The zero-order valence-electron chi connectivity index (χ0n) is 16.3. The Hall–Kier alpha value is -1.87. The fourth-order valence-corrected chi connectivity index (χ4v) is 3.91. The minimum atomic E-state index is -0.583. The van der Waals surface area contributed by atoms with E-state index in [9.17, 15) is 14.4 Å². The number of carbonyl (C=O) groups is 2. The topological polar surface area (TPSA) is 93.1 Å². The first kappa shape index (κ1) is 22.4. The van der Waals surface area contributed by atoms with E-state index in [0.717, 1.165) is 23.7 Å². The molecule has 9 heteroatoms. The van der Waals surface area contributed by atoms with E-state index in [1.165, 1.54) is 11.8 Å². The highest BCUT2D eigenvalue weighted by Gasteiger charge is 2.21. The van der Waals surface area contributed by atoms with E-state index in [-0.39, 0.29) is 5.56 Å². The van der Waals surface area contributed by atoms with Gasteiger partial charge in [-0.1, -0.05) is 47.5 Å². The lowest BCUT2D eigenvalue weighted by Crippen LogP contribution is -2.42. The number of carbonyl (C=O) groups excluding carboxylic acids is 2. The van der Waals surface area contributed by atoms with Gasteiger partial charge in [0.15, 0.2) is 5.16 Å². The molecule has 0 radical (unpaired) electrons. The summed E-state index contributed by atoms with van der Waals surface area (Å²) in [6, 6.07) is 4.84. The van der Waals surface area contributed by atoms with Gasteiger partial charge in [0.1, 0.15) is 0 Å². The minimum absolute atomic E-state index is 0.124. The van der Waals surface area contributed by atoms with Crippen LogP contribution in [0.25, 0.3) is 10.9 Å². The van der Waals surface area contributed by atoms with Gasteiger partial charge in [-0.05, 0) is 38.5 Å². The van der Waals surface area contributed by atoms with Crippen LogP contribution in [0.5, 0.6) is 0 Å². The number of unbranched alkanes of at least 4 members (excludes halogenated alkanes) is 2. The zero-order valence-corrected chi connectivity index (χ0v) is 18.7. The molecular formula is C19H25BrN4O3S. The van der Waals surface area contributed by atoms with Crippen LogP contribution in [0.15, 0.2) is 32.6 Å². The number of hydrogen-bond donors (Lipinski definition) is 2. The Labute approximate surface area is 176 Å². The highest BCUT2D eigenvalue weighted by molar-refractivity contribution is 9.10. The molecule has 0 fully saturated rings. The molecule has 1 heterocycles. The zero-order chi connectivity index (χ0) is 20.7. The number of thioether (sulfide) groups is 1. The lowest BCUT2D eigenvalue weighted by atomic mass is 10.2. The van der Waals surface area contributed by atoms with Gasteiger partial charge in [-0.25, -0.2) is 9.78 Å². The lowest BCUT2D eigenvalue weighted by Gasteiger charge is -2.16. The average molecular weight is 469 g/mol. The fraction of sp³-hybridized carbons (Fsp3) is 0.474. The van der Waals surface area contributed by atoms with Crippen molar-refractivity contribution < 1.29 is 9.59 Å². The summed E-state index contributed by atoms with van der Waals surface area (Å²) in [6.45, 7) is 6.53. The van der Waals surface area contributed by atoms with E-state index < -0.39 is 17.2 Å². The Morgan fingerprint density at radius 1 is 1.29 bits per heavy atom. The standard InChI is InChI=1S/C19H25BrN4O3S/c1-4-6-7-10-24-17(26)14-11-13(20)8-9-15(14)22-19(24)28-12(3)16(25)23-18(27)21-5-2/h8-9,11-12H,4-7,10H2,1-3H3,(H2,21,23,25,27)/t12-/m1/s1. The van der Waals surface area contributed by atoms with Crippen LogP contribution in [0, 0.1) is 0 Å². The summed E-state index contributed by atoms with van der Waals surface area (Å²) in [5, 5.41) is 5.26. The van der Waals surface area contributed by atoms with Crippen molar-refractivity contribution in [1.29, 1.82) is 0 Å². The Kier molecular flexibility index (Phi) is 8.50. The second kappa shape index (κ2) is 10.6. The highest BCUT2D eigenvalue weighted by atomic mass is 79.9. The maximum absolute atomic E-state index is 13.0. The predicted molar refractivity (Wildman–Crippen MR) is 116 cm³/mol. The minimum Gasteiger partial charge on any atom is -0.338 e. The van der Waals surface area contributed by atoms with Gasteiger partial charge < -0.3 is 5.32 Å². The summed E-state index contributed by atoms with van der Waals surface area (Å²) < 4.78 is 2.44. The number of benzene rings is 1. The van der Waals surface area contributed by atoms with Crippen molar-refractivity contribution in [3.05, 3.63) is 33.0 Å². The quantitative estimate of drug-likeness (QED) is 0.350. The predicted octanol–water partition coefficient (Wildman–Crippen LogP) is 3.68. The fourth-order valence-electron chi connectivity index (χ4n) is 2.61. The van der Waals surface area contributed by atoms with Crippen molar-refractivity contribution in [2.24, 2.45) is 0 Å². The van der Waals surface area contributed by atoms with Gasteiger partial charge in [-0.15, -0.1) is 0 Å². The van der Waals surface area contributed by atoms with Crippen molar-refractivity contribution in [2.45, 2.75) is 57.0 Å². The van der Waals surface area contributed by atoms with Crippen LogP contribution in [0.4, 0.5) is 4.79 Å². The van der Waals surface area contributed by atoms with Crippen LogP contribution in [-0.2, 0) is 11.3 Å². The molecule has 152 valence electrons. The summed E-state index contributed by atoms with van der Waals surface area (Å²) in [4.78, 5) is 41.5. The van der Waals surface area contributed by atoms with Gasteiger partial charge >= 0.3 is 6.03 Å². The first-order valence-corrected chi connectivity index (χ1v) is 11.0. The number of amides is 3. The number of hydrogen-bond acceptors (Lipinski definition) is 5. The summed E-state index contributed by atoms with van der Waals surface area (Å²) >= 11 is 4.57. The van der Waals surface area contributed by atoms with E-state index >= 15 is 0 Å². The van der Waals surface area contributed by atoms with Crippen molar-refractivity contribution in [3.8, 4) is 0 Å². The summed E-state index contributed by atoms with van der Waals surface area (Å²) in [5.41, 5.74) is 0.458. The molecular weight excluding hydrogens is 444 g/mol. The first-order chi connectivity index (χ1) is 13.4. The summed E-state index contributed by atoms with van der Waals surface area (Å²) in [5.74, 6) is -0.429. The average Bonchev–Trinajstić information content (AvgIpc) is 2.65. The molecule has 1 aromatic carbocycles. The molecule has 7 nitrogen and oxygen atoms in total. The van der Waals surface area contributed by atoms with Crippen molar-refractivity contribution in [1.82, 2.24) is 20.2 Å². The van der Waals surface area contributed by atoms with E-state index in [1.54, 1.807) is 30.5 Å². The third kappa shape index (κ3) is 5.81. The maximum Gasteiger partial charge on any atom is 0.321 e. The van der Waals surface area contributed by atoms with E-state index in [2.05, 4.69) is 38.5 Å². The number of nitrogens with zero attached hydrogens (tertiary/aromatic N) is 2. The largest absolute Gasteiger partial charge is 0.338 e. The molecule has 28 heavy (non-hydrogen) atoms. The molecule has 0 saturated carbocycles. The molecule has 2 rings (SSSR count). The molecule has 1 atom stereocenters. The van der Waals surface area contributed by atoms with Crippen LogP contribution in [0.3, 0.4) is 0 Å². The van der Waals surface area contributed by atoms with E-state index in [4.69, 9.17) is 0 Å². The molecule has 0 saturated heterocycles. The summed E-state index contributed by atoms with van der Waals surface area (Å²) in [6.07, 6.45) is 2.89. The van der Waals surface area contributed by atoms with Gasteiger partial charge in [0, 0.05) is 17.6 Å². The molecule has 2 N–H and O–H groups in total. The Morgan fingerprint density at radius 3 is 2.71 bits per heavy atom. The second-order valence-electron chi connectivity index (χ2n) is 6.33.